The minimum atomic E-state index is -0.205. The maximum Gasteiger partial charge on any atom is 0.282 e. The van der Waals surface area contributed by atoms with Gasteiger partial charge < -0.3 is 4.74 Å². The van der Waals surface area contributed by atoms with Crippen LogP contribution in [-0.4, -0.2) is 23.0 Å². The van der Waals surface area contributed by atoms with Crippen molar-refractivity contribution in [2.45, 2.75) is 0 Å². The van der Waals surface area contributed by atoms with Crippen LogP contribution in [0.25, 0.3) is 28.4 Å². The van der Waals surface area contributed by atoms with Gasteiger partial charge in [-0.2, -0.15) is 9.78 Å². The fourth-order valence-corrected chi connectivity index (χ4v) is 2.98. The zero-order chi connectivity index (χ0) is 20.1. The topological polar surface area (TPSA) is 56.5 Å². The number of rotatable bonds is 5. The SMILES string of the molecule is COc1ccc(/C=C/C=Nn2c(-c3ccccc3)nc3ccccc3c2=O)cc1. The summed E-state index contributed by atoms with van der Waals surface area (Å²) in [5.41, 5.74) is 2.27. The van der Waals surface area contributed by atoms with Crippen LogP contribution in [0.3, 0.4) is 0 Å². The molecule has 0 aliphatic carbocycles. The van der Waals surface area contributed by atoms with Gasteiger partial charge in [-0.05, 0) is 35.9 Å². The molecule has 0 aliphatic rings. The van der Waals surface area contributed by atoms with Crippen LogP contribution in [0, 0.1) is 0 Å². The summed E-state index contributed by atoms with van der Waals surface area (Å²) < 4.78 is 6.50. The summed E-state index contributed by atoms with van der Waals surface area (Å²) in [4.78, 5) is 17.7. The second-order valence-corrected chi connectivity index (χ2v) is 6.33. The summed E-state index contributed by atoms with van der Waals surface area (Å²) in [6.45, 7) is 0. The van der Waals surface area contributed by atoms with E-state index >= 15 is 0 Å². The van der Waals surface area contributed by atoms with Gasteiger partial charge in [-0.3, -0.25) is 4.79 Å². The van der Waals surface area contributed by atoms with Gasteiger partial charge in [-0.15, -0.1) is 0 Å². The molecule has 0 fully saturated rings. The van der Waals surface area contributed by atoms with Crippen molar-refractivity contribution in [3.63, 3.8) is 0 Å². The second kappa shape index (κ2) is 8.35. The maximum atomic E-state index is 13.0. The third-order valence-electron chi connectivity index (χ3n) is 4.46. The molecule has 0 atom stereocenters. The van der Waals surface area contributed by atoms with Gasteiger partial charge >= 0.3 is 0 Å². The van der Waals surface area contributed by atoms with E-state index in [0.29, 0.717) is 16.7 Å². The molecule has 0 saturated heterocycles. The first kappa shape index (κ1) is 18.4. The van der Waals surface area contributed by atoms with Crippen molar-refractivity contribution in [1.29, 1.82) is 0 Å². The van der Waals surface area contributed by atoms with Gasteiger partial charge in [0, 0.05) is 11.8 Å². The van der Waals surface area contributed by atoms with Gasteiger partial charge in [-0.25, -0.2) is 4.98 Å². The van der Waals surface area contributed by atoms with Crippen LogP contribution in [0.5, 0.6) is 5.75 Å². The predicted molar refractivity (Wildman–Crippen MR) is 117 cm³/mol. The van der Waals surface area contributed by atoms with Gasteiger partial charge in [0.05, 0.1) is 18.0 Å². The number of hydrogen-bond donors (Lipinski definition) is 0. The molecule has 0 bridgehead atoms. The molecule has 0 unspecified atom stereocenters. The van der Waals surface area contributed by atoms with E-state index in [2.05, 4.69) is 10.1 Å². The summed E-state index contributed by atoms with van der Waals surface area (Å²) >= 11 is 0. The molecule has 4 rings (SSSR count). The number of nitrogens with zero attached hydrogens (tertiary/aromatic N) is 3. The molecule has 0 spiro atoms. The Balaban J connectivity index is 1.73. The summed E-state index contributed by atoms with van der Waals surface area (Å²) in [7, 11) is 1.64. The van der Waals surface area contributed by atoms with Crippen molar-refractivity contribution < 1.29 is 4.74 Å². The Hall–Kier alpha value is -3.99. The highest BCUT2D eigenvalue weighted by atomic mass is 16.5. The molecule has 1 aromatic heterocycles. The molecule has 0 aliphatic heterocycles. The van der Waals surface area contributed by atoms with E-state index in [1.807, 2.05) is 78.9 Å². The summed E-state index contributed by atoms with van der Waals surface area (Å²) in [6.07, 6.45) is 5.29. The van der Waals surface area contributed by atoms with E-state index in [-0.39, 0.29) is 5.56 Å². The average molecular weight is 381 g/mol. The van der Waals surface area contributed by atoms with Gasteiger partial charge in [0.15, 0.2) is 5.82 Å². The second-order valence-electron chi connectivity index (χ2n) is 6.33. The highest BCUT2D eigenvalue weighted by molar-refractivity contribution is 5.81. The number of para-hydroxylation sites is 1. The van der Waals surface area contributed by atoms with Crippen LogP contribution in [0.2, 0.25) is 0 Å². The molecule has 0 radical (unpaired) electrons. The molecular weight excluding hydrogens is 362 g/mol. The standard InChI is InChI=1S/C24H19N3O2/c1-29-20-15-13-18(14-16-20)8-7-17-25-27-23(19-9-3-2-4-10-19)26-22-12-6-5-11-21(22)24(27)28/h2-17H,1H3/b8-7+,25-17?. The summed E-state index contributed by atoms with van der Waals surface area (Å²) in [5.74, 6) is 1.31. The Kier molecular flexibility index (Phi) is 5.29. The number of hydrogen-bond acceptors (Lipinski definition) is 4. The molecule has 0 saturated carbocycles. The highest BCUT2D eigenvalue weighted by Crippen LogP contribution is 2.18. The van der Waals surface area contributed by atoms with Crippen LogP contribution >= 0.6 is 0 Å². The fourth-order valence-electron chi connectivity index (χ4n) is 2.98. The van der Waals surface area contributed by atoms with E-state index in [4.69, 9.17) is 4.74 Å². The molecule has 4 aromatic rings. The van der Waals surface area contributed by atoms with Gasteiger partial charge in [0.25, 0.3) is 5.56 Å². The Morgan fingerprint density at radius 2 is 1.66 bits per heavy atom. The molecule has 5 heteroatoms. The largest absolute Gasteiger partial charge is 0.497 e. The third-order valence-corrected chi connectivity index (χ3v) is 4.46. The molecule has 29 heavy (non-hydrogen) atoms. The first-order valence-corrected chi connectivity index (χ1v) is 9.18. The van der Waals surface area contributed by atoms with E-state index in [1.54, 1.807) is 25.5 Å². The highest BCUT2D eigenvalue weighted by Gasteiger charge is 2.11. The van der Waals surface area contributed by atoms with Crippen molar-refractivity contribution in [2.24, 2.45) is 5.10 Å². The van der Waals surface area contributed by atoms with E-state index < -0.39 is 0 Å². The monoisotopic (exact) mass is 381 g/mol. The fraction of sp³-hybridized carbons (Fsp3) is 0.0417. The number of allylic oxidation sites excluding steroid dienone is 1. The van der Waals surface area contributed by atoms with Crippen molar-refractivity contribution in [1.82, 2.24) is 9.66 Å². The van der Waals surface area contributed by atoms with Crippen LogP contribution < -0.4 is 10.3 Å². The molecule has 142 valence electrons. The Morgan fingerprint density at radius 3 is 2.41 bits per heavy atom. The van der Waals surface area contributed by atoms with Crippen molar-refractivity contribution >= 4 is 23.2 Å². The number of fused-ring (bicyclic) bond motifs is 1. The van der Waals surface area contributed by atoms with E-state index in [1.165, 1.54) is 4.68 Å². The Bertz CT molecular complexity index is 1240. The van der Waals surface area contributed by atoms with E-state index in [9.17, 15) is 4.79 Å². The number of benzene rings is 3. The zero-order valence-electron chi connectivity index (χ0n) is 15.9. The van der Waals surface area contributed by atoms with Crippen LogP contribution in [0.1, 0.15) is 5.56 Å². The van der Waals surface area contributed by atoms with Gasteiger partial charge in [0.1, 0.15) is 5.75 Å². The van der Waals surface area contributed by atoms with Crippen LogP contribution in [0.15, 0.2) is 94.8 Å². The molecule has 3 aromatic carbocycles. The van der Waals surface area contributed by atoms with Gasteiger partial charge in [0.2, 0.25) is 0 Å². The third kappa shape index (κ3) is 3.99. The van der Waals surface area contributed by atoms with Crippen molar-refractivity contribution in [3.05, 3.63) is 101 Å². The lowest BCUT2D eigenvalue weighted by atomic mass is 10.2. The zero-order valence-corrected chi connectivity index (χ0v) is 15.9. The van der Waals surface area contributed by atoms with Crippen molar-refractivity contribution in [3.8, 4) is 17.1 Å². The Labute approximate surface area is 168 Å². The summed E-state index contributed by atoms with van der Waals surface area (Å²) in [5, 5.41) is 4.92. The smallest absolute Gasteiger partial charge is 0.282 e. The lowest BCUT2D eigenvalue weighted by Gasteiger charge is -2.08. The molecule has 0 amide bonds. The number of ether oxygens (including phenoxy) is 1. The van der Waals surface area contributed by atoms with Crippen LogP contribution in [-0.2, 0) is 0 Å². The molecule has 5 nitrogen and oxygen atoms in total. The molecule has 0 N–H and O–H groups in total. The summed E-state index contributed by atoms with van der Waals surface area (Å²) in [6, 6.07) is 24.5. The normalized spacial score (nSPS) is 11.5. The van der Waals surface area contributed by atoms with E-state index in [0.717, 1.165) is 16.9 Å². The number of methoxy groups -OCH3 is 1. The molecular formula is C24H19N3O2. The molecule has 1 heterocycles. The number of aromatic nitrogens is 2. The Morgan fingerprint density at radius 1 is 0.931 bits per heavy atom. The predicted octanol–water partition coefficient (Wildman–Crippen LogP) is 4.62. The average Bonchev–Trinajstić information content (AvgIpc) is 2.79. The van der Waals surface area contributed by atoms with Gasteiger partial charge in [-0.1, -0.05) is 60.7 Å². The van der Waals surface area contributed by atoms with Crippen LogP contribution in [0.4, 0.5) is 0 Å². The minimum absolute atomic E-state index is 0.205. The lowest BCUT2D eigenvalue weighted by Crippen LogP contribution is -2.20. The quantitative estimate of drug-likeness (QED) is 0.474. The first-order valence-electron chi connectivity index (χ1n) is 9.18. The minimum Gasteiger partial charge on any atom is -0.497 e. The maximum absolute atomic E-state index is 13.0. The first-order chi connectivity index (χ1) is 14.3. The lowest BCUT2D eigenvalue weighted by molar-refractivity contribution is 0.415. The van der Waals surface area contributed by atoms with Crippen molar-refractivity contribution in [2.75, 3.05) is 7.11 Å².